The Balaban J connectivity index is 2.34. The zero-order chi connectivity index (χ0) is 13.9. The number of hydrogen-bond donors (Lipinski definition) is 1. The van der Waals surface area contributed by atoms with E-state index in [4.69, 9.17) is 5.73 Å². The second kappa shape index (κ2) is 5.35. The first-order chi connectivity index (χ1) is 9.02. The Labute approximate surface area is 107 Å². The van der Waals surface area contributed by atoms with Crippen molar-refractivity contribution in [1.29, 1.82) is 0 Å². The van der Waals surface area contributed by atoms with Gasteiger partial charge in [0, 0.05) is 12.1 Å². The van der Waals surface area contributed by atoms with Gasteiger partial charge >= 0.3 is 6.18 Å². The Hall–Kier alpha value is -1.96. The lowest BCUT2D eigenvalue weighted by atomic mass is 10.1. The smallest absolute Gasteiger partial charge is 0.330 e. The van der Waals surface area contributed by atoms with Gasteiger partial charge in [-0.2, -0.15) is 13.2 Å². The fourth-order valence-electron chi connectivity index (χ4n) is 1.64. The first kappa shape index (κ1) is 13.5. The van der Waals surface area contributed by atoms with Crippen LogP contribution in [0.5, 0.6) is 0 Å². The van der Waals surface area contributed by atoms with Crippen molar-refractivity contribution in [2.45, 2.75) is 19.1 Å². The molecule has 2 rings (SSSR count). The van der Waals surface area contributed by atoms with Gasteiger partial charge in [-0.1, -0.05) is 12.1 Å². The van der Waals surface area contributed by atoms with E-state index in [1.165, 1.54) is 10.7 Å². The van der Waals surface area contributed by atoms with E-state index in [0.29, 0.717) is 30.9 Å². The van der Waals surface area contributed by atoms with Gasteiger partial charge in [-0.25, -0.2) is 4.68 Å². The number of nitrogens with two attached hydrogens (primary N) is 1. The van der Waals surface area contributed by atoms with Crippen LogP contribution >= 0.6 is 0 Å². The molecule has 0 amide bonds. The molecular weight excluding hydrogens is 259 g/mol. The average molecular weight is 271 g/mol. The number of alkyl halides is 3. The second-order valence-electron chi connectivity index (χ2n) is 3.95. The highest BCUT2D eigenvalue weighted by Crippen LogP contribution is 2.31. The van der Waals surface area contributed by atoms with E-state index >= 15 is 0 Å². The van der Waals surface area contributed by atoms with Gasteiger partial charge in [0.1, 0.15) is 0 Å². The lowest BCUT2D eigenvalue weighted by Crippen LogP contribution is -2.09. The number of aromatic nitrogens is 4. The predicted octanol–water partition coefficient (Wildman–Crippen LogP) is 1.71. The summed E-state index contributed by atoms with van der Waals surface area (Å²) in [6.45, 7) is 0.928. The molecule has 102 valence electrons. The van der Waals surface area contributed by atoms with E-state index in [2.05, 4.69) is 15.5 Å². The molecule has 1 heterocycles. The van der Waals surface area contributed by atoms with E-state index in [9.17, 15) is 13.2 Å². The Kier molecular flexibility index (Phi) is 3.79. The van der Waals surface area contributed by atoms with Crippen LogP contribution in [0, 0.1) is 0 Å². The van der Waals surface area contributed by atoms with Crippen LogP contribution in [0.25, 0.3) is 11.4 Å². The maximum atomic E-state index is 12.6. The molecule has 5 nitrogen and oxygen atoms in total. The maximum absolute atomic E-state index is 12.6. The van der Waals surface area contributed by atoms with Crippen LogP contribution in [0.4, 0.5) is 13.2 Å². The first-order valence-corrected chi connectivity index (χ1v) is 5.66. The van der Waals surface area contributed by atoms with E-state index < -0.39 is 11.7 Å². The van der Waals surface area contributed by atoms with E-state index in [-0.39, 0.29) is 0 Å². The molecule has 8 heteroatoms. The van der Waals surface area contributed by atoms with Crippen LogP contribution < -0.4 is 5.73 Å². The summed E-state index contributed by atoms with van der Waals surface area (Å²) in [5.74, 6) is 0.305. The summed E-state index contributed by atoms with van der Waals surface area (Å²) in [5, 5.41) is 11.0. The van der Waals surface area contributed by atoms with Gasteiger partial charge in [-0.3, -0.25) is 0 Å². The third kappa shape index (κ3) is 3.08. The largest absolute Gasteiger partial charge is 0.416 e. The molecular formula is C11H12F3N5. The molecule has 0 aliphatic heterocycles. The monoisotopic (exact) mass is 271 g/mol. The molecule has 0 bridgehead atoms. The Morgan fingerprint density at radius 3 is 2.74 bits per heavy atom. The third-order valence-corrected chi connectivity index (χ3v) is 2.55. The lowest BCUT2D eigenvalue weighted by Gasteiger charge is -2.08. The summed E-state index contributed by atoms with van der Waals surface area (Å²) in [7, 11) is 0. The zero-order valence-electron chi connectivity index (χ0n) is 9.93. The zero-order valence-corrected chi connectivity index (χ0v) is 9.93. The first-order valence-electron chi connectivity index (χ1n) is 5.66. The molecule has 0 radical (unpaired) electrons. The number of tetrazole rings is 1. The summed E-state index contributed by atoms with van der Waals surface area (Å²) in [6, 6.07) is 4.92. The molecule has 19 heavy (non-hydrogen) atoms. The Morgan fingerprint density at radius 1 is 1.26 bits per heavy atom. The summed E-state index contributed by atoms with van der Waals surface area (Å²) >= 11 is 0. The van der Waals surface area contributed by atoms with Crippen molar-refractivity contribution in [1.82, 2.24) is 20.2 Å². The van der Waals surface area contributed by atoms with Crippen molar-refractivity contribution in [3.05, 3.63) is 29.8 Å². The van der Waals surface area contributed by atoms with Crippen LogP contribution in [0.1, 0.15) is 12.0 Å². The van der Waals surface area contributed by atoms with Crippen LogP contribution in [0.3, 0.4) is 0 Å². The topological polar surface area (TPSA) is 69.6 Å². The van der Waals surface area contributed by atoms with Crippen LogP contribution in [0.2, 0.25) is 0 Å². The third-order valence-electron chi connectivity index (χ3n) is 2.55. The standard InChI is InChI=1S/C11H12F3N5/c12-11(13,14)9-4-1-3-8(7-9)10-16-17-18-19(10)6-2-5-15/h1,3-4,7H,2,5-6,15H2. The molecule has 0 fully saturated rings. The normalized spacial score (nSPS) is 11.8. The van der Waals surface area contributed by atoms with Crippen molar-refractivity contribution in [3.8, 4) is 11.4 Å². The molecule has 0 saturated heterocycles. The Morgan fingerprint density at radius 2 is 2.05 bits per heavy atom. The van der Waals surface area contributed by atoms with Gasteiger partial charge in [0.15, 0.2) is 5.82 Å². The van der Waals surface area contributed by atoms with Gasteiger partial charge in [0.25, 0.3) is 0 Å². The maximum Gasteiger partial charge on any atom is 0.416 e. The molecule has 0 unspecified atom stereocenters. The number of rotatable bonds is 4. The van der Waals surface area contributed by atoms with Crippen molar-refractivity contribution in [2.75, 3.05) is 6.54 Å². The minimum atomic E-state index is -4.38. The molecule has 0 aliphatic rings. The summed E-state index contributed by atoms with van der Waals surface area (Å²) < 4.78 is 39.4. The lowest BCUT2D eigenvalue weighted by molar-refractivity contribution is -0.137. The van der Waals surface area contributed by atoms with Crippen LogP contribution in [-0.2, 0) is 12.7 Å². The van der Waals surface area contributed by atoms with Crippen molar-refractivity contribution < 1.29 is 13.2 Å². The fourth-order valence-corrected chi connectivity index (χ4v) is 1.64. The number of hydrogen-bond acceptors (Lipinski definition) is 4. The van der Waals surface area contributed by atoms with Gasteiger partial charge in [-0.05, 0) is 35.5 Å². The Bertz CT molecular complexity index is 549. The van der Waals surface area contributed by atoms with E-state index in [0.717, 1.165) is 12.1 Å². The van der Waals surface area contributed by atoms with Crippen molar-refractivity contribution >= 4 is 0 Å². The van der Waals surface area contributed by atoms with Crippen molar-refractivity contribution in [3.63, 3.8) is 0 Å². The minimum Gasteiger partial charge on any atom is -0.330 e. The van der Waals surface area contributed by atoms with Crippen molar-refractivity contribution in [2.24, 2.45) is 5.73 Å². The predicted molar refractivity (Wildman–Crippen MR) is 61.9 cm³/mol. The molecule has 0 spiro atoms. The highest BCUT2D eigenvalue weighted by Gasteiger charge is 2.30. The minimum absolute atomic E-state index is 0.305. The fraction of sp³-hybridized carbons (Fsp3) is 0.364. The highest BCUT2D eigenvalue weighted by molar-refractivity contribution is 5.56. The molecule has 1 aromatic heterocycles. The molecule has 2 N–H and O–H groups in total. The van der Waals surface area contributed by atoms with E-state index in [1.54, 1.807) is 6.07 Å². The summed E-state index contributed by atoms with van der Waals surface area (Å²) in [5.41, 5.74) is 4.99. The molecule has 0 saturated carbocycles. The number of benzene rings is 1. The second-order valence-corrected chi connectivity index (χ2v) is 3.95. The highest BCUT2D eigenvalue weighted by atomic mass is 19.4. The number of nitrogens with zero attached hydrogens (tertiary/aromatic N) is 4. The molecule has 0 aliphatic carbocycles. The SMILES string of the molecule is NCCCn1nnnc1-c1cccc(C(F)(F)F)c1. The quantitative estimate of drug-likeness (QED) is 0.919. The van der Waals surface area contributed by atoms with Crippen LogP contribution in [-0.4, -0.2) is 26.8 Å². The van der Waals surface area contributed by atoms with Crippen LogP contribution in [0.15, 0.2) is 24.3 Å². The number of aryl methyl sites for hydroxylation is 1. The molecule has 1 aromatic carbocycles. The van der Waals surface area contributed by atoms with Gasteiger partial charge < -0.3 is 5.73 Å². The van der Waals surface area contributed by atoms with Gasteiger partial charge in [-0.15, -0.1) is 5.10 Å². The van der Waals surface area contributed by atoms with Gasteiger partial charge in [0.05, 0.1) is 5.56 Å². The summed E-state index contributed by atoms with van der Waals surface area (Å²) in [6.07, 6.45) is -3.73. The van der Waals surface area contributed by atoms with E-state index in [1.807, 2.05) is 0 Å². The van der Waals surface area contributed by atoms with Gasteiger partial charge in [0.2, 0.25) is 0 Å². The molecule has 2 aromatic rings. The number of halogens is 3. The average Bonchev–Trinajstić information content (AvgIpc) is 2.83. The molecule has 0 atom stereocenters. The summed E-state index contributed by atoms with van der Waals surface area (Å²) in [4.78, 5) is 0.